The Morgan fingerprint density at radius 2 is 1.79 bits per heavy atom. The molecule has 0 aromatic heterocycles. The van der Waals surface area contributed by atoms with Gasteiger partial charge in [-0.25, -0.2) is 0 Å². The van der Waals surface area contributed by atoms with E-state index in [2.05, 4.69) is 13.8 Å². The molecule has 4 nitrogen and oxygen atoms in total. The topological polar surface area (TPSA) is 66.8 Å². The number of carbonyl (C=O) groups is 1. The summed E-state index contributed by atoms with van der Waals surface area (Å²) in [5.74, 6) is -0.749. The lowest BCUT2D eigenvalue weighted by molar-refractivity contribution is -0.137. The van der Waals surface area contributed by atoms with Crippen LogP contribution < -0.4 is 0 Å². The summed E-state index contributed by atoms with van der Waals surface area (Å²) in [6.07, 6.45) is 5.12. The molecule has 0 rings (SSSR count). The van der Waals surface area contributed by atoms with E-state index >= 15 is 0 Å². The summed E-state index contributed by atoms with van der Waals surface area (Å²) in [5, 5.41) is 17.8. The third-order valence-corrected chi connectivity index (χ3v) is 2.33. The first-order chi connectivity index (χ1) is 8.97. The van der Waals surface area contributed by atoms with Gasteiger partial charge in [-0.15, -0.1) is 0 Å². The molecule has 2 atom stereocenters. The molecule has 0 aliphatic rings. The molecule has 116 valence electrons. The van der Waals surface area contributed by atoms with Gasteiger partial charge in [0.15, 0.2) is 0 Å². The first-order valence-electron chi connectivity index (χ1n) is 7.49. The van der Waals surface area contributed by atoms with Crippen molar-refractivity contribution in [3.8, 4) is 0 Å². The quantitative estimate of drug-likeness (QED) is 0.598. The number of aliphatic hydroxyl groups is 1. The molecule has 0 aromatic carbocycles. The van der Waals surface area contributed by atoms with E-state index in [9.17, 15) is 9.90 Å². The molecule has 0 amide bonds. The number of aliphatic hydroxyl groups excluding tert-OH is 1. The Kier molecular flexibility index (Phi) is 16.8. The molecule has 0 aliphatic carbocycles. The lowest BCUT2D eigenvalue weighted by atomic mass is 10.1. The number of ether oxygens (including phenoxy) is 1. The van der Waals surface area contributed by atoms with Crippen LogP contribution in [-0.2, 0) is 9.53 Å². The maximum absolute atomic E-state index is 10.3. The maximum Gasteiger partial charge on any atom is 0.303 e. The number of rotatable bonds is 10. The molecule has 0 bridgehead atoms. The Morgan fingerprint density at radius 1 is 1.21 bits per heavy atom. The lowest BCUT2D eigenvalue weighted by Gasteiger charge is -2.18. The fourth-order valence-electron chi connectivity index (χ4n) is 1.58. The molecule has 0 saturated carbocycles. The minimum atomic E-state index is -0.749. The molecule has 0 fully saturated rings. The normalized spacial score (nSPS) is 13.3. The van der Waals surface area contributed by atoms with Gasteiger partial charge in [0, 0.05) is 13.0 Å². The SMILES string of the molecule is CCC.CCCOC(CCCCC(=O)O)CC(C)O. The van der Waals surface area contributed by atoms with Crippen LogP contribution in [0.1, 0.15) is 72.6 Å². The summed E-state index contributed by atoms with van der Waals surface area (Å²) in [6, 6.07) is 0. The molecule has 0 aromatic rings. The lowest BCUT2D eigenvalue weighted by Crippen LogP contribution is -2.19. The van der Waals surface area contributed by atoms with E-state index in [-0.39, 0.29) is 18.6 Å². The highest BCUT2D eigenvalue weighted by Gasteiger charge is 2.12. The van der Waals surface area contributed by atoms with Crippen LogP contribution in [0.2, 0.25) is 0 Å². The van der Waals surface area contributed by atoms with Gasteiger partial charge in [0.2, 0.25) is 0 Å². The van der Waals surface area contributed by atoms with Crippen LogP contribution in [0, 0.1) is 0 Å². The van der Waals surface area contributed by atoms with Gasteiger partial charge in [-0.1, -0.05) is 33.6 Å². The van der Waals surface area contributed by atoms with Crippen LogP contribution in [0.3, 0.4) is 0 Å². The van der Waals surface area contributed by atoms with Crippen LogP contribution in [0.15, 0.2) is 0 Å². The molecular formula is C15H32O4. The van der Waals surface area contributed by atoms with Gasteiger partial charge in [0.1, 0.15) is 0 Å². The van der Waals surface area contributed by atoms with Gasteiger partial charge in [0.05, 0.1) is 12.2 Å². The van der Waals surface area contributed by atoms with E-state index in [4.69, 9.17) is 9.84 Å². The molecule has 0 saturated heterocycles. The molecule has 4 heteroatoms. The second-order valence-corrected chi connectivity index (χ2v) is 4.92. The van der Waals surface area contributed by atoms with Crippen LogP contribution in [0.5, 0.6) is 0 Å². The Balaban J connectivity index is 0. The monoisotopic (exact) mass is 276 g/mol. The average Bonchev–Trinajstić information content (AvgIpc) is 2.31. The van der Waals surface area contributed by atoms with E-state index < -0.39 is 5.97 Å². The van der Waals surface area contributed by atoms with Crippen LogP contribution in [0.25, 0.3) is 0 Å². The molecule has 2 unspecified atom stereocenters. The number of carboxylic acids is 1. The fourth-order valence-corrected chi connectivity index (χ4v) is 1.58. The van der Waals surface area contributed by atoms with Crippen molar-refractivity contribution in [2.75, 3.05) is 6.61 Å². The summed E-state index contributed by atoms with van der Waals surface area (Å²) in [4.78, 5) is 10.3. The molecule has 0 radical (unpaired) electrons. The van der Waals surface area contributed by atoms with Crippen LogP contribution >= 0.6 is 0 Å². The zero-order chi connectivity index (χ0) is 15.1. The van der Waals surface area contributed by atoms with Gasteiger partial charge >= 0.3 is 5.97 Å². The highest BCUT2D eigenvalue weighted by atomic mass is 16.5. The van der Waals surface area contributed by atoms with Gasteiger partial charge in [-0.05, 0) is 32.6 Å². The van der Waals surface area contributed by atoms with E-state index in [1.165, 1.54) is 6.42 Å². The molecule has 19 heavy (non-hydrogen) atoms. The standard InChI is InChI=1S/C12H24O4.C3H8/c1-3-8-16-11(9-10(2)13)6-4-5-7-12(14)15;1-3-2/h10-11,13H,3-9H2,1-2H3,(H,14,15);3H2,1-2H3. The molecular weight excluding hydrogens is 244 g/mol. The summed E-state index contributed by atoms with van der Waals surface area (Å²) in [7, 11) is 0. The van der Waals surface area contributed by atoms with Crippen molar-refractivity contribution in [3.05, 3.63) is 0 Å². The summed E-state index contributed by atoms with van der Waals surface area (Å²) < 4.78 is 5.60. The third-order valence-electron chi connectivity index (χ3n) is 2.33. The largest absolute Gasteiger partial charge is 0.481 e. The smallest absolute Gasteiger partial charge is 0.303 e. The number of hydrogen-bond donors (Lipinski definition) is 2. The molecule has 0 aliphatic heterocycles. The molecule has 0 spiro atoms. The van der Waals surface area contributed by atoms with Crippen molar-refractivity contribution in [1.29, 1.82) is 0 Å². The van der Waals surface area contributed by atoms with Crippen molar-refractivity contribution >= 4 is 5.97 Å². The van der Waals surface area contributed by atoms with Gasteiger partial charge in [0.25, 0.3) is 0 Å². The Morgan fingerprint density at radius 3 is 2.21 bits per heavy atom. The molecule has 0 heterocycles. The minimum absolute atomic E-state index is 0.0637. The Bertz CT molecular complexity index is 193. The number of hydrogen-bond acceptors (Lipinski definition) is 3. The van der Waals surface area contributed by atoms with Gasteiger partial charge in [-0.3, -0.25) is 4.79 Å². The van der Waals surface area contributed by atoms with Gasteiger partial charge in [-0.2, -0.15) is 0 Å². The van der Waals surface area contributed by atoms with E-state index in [1.54, 1.807) is 6.92 Å². The number of carboxylic acid groups (broad SMARTS) is 1. The Labute approximate surface area is 118 Å². The van der Waals surface area contributed by atoms with Crippen molar-refractivity contribution in [1.82, 2.24) is 0 Å². The first-order valence-corrected chi connectivity index (χ1v) is 7.49. The fraction of sp³-hybridized carbons (Fsp3) is 0.933. The highest BCUT2D eigenvalue weighted by Crippen LogP contribution is 2.12. The zero-order valence-corrected chi connectivity index (χ0v) is 13.0. The zero-order valence-electron chi connectivity index (χ0n) is 13.0. The third kappa shape index (κ3) is 19.9. The Hall–Kier alpha value is -0.610. The second-order valence-electron chi connectivity index (χ2n) is 4.92. The summed E-state index contributed by atoms with van der Waals surface area (Å²) in [5.41, 5.74) is 0. The van der Waals surface area contributed by atoms with Gasteiger partial charge < -0.3 is 14.9 Å². The van der Waals surface area contributed by atoms with E-state index in [1.807, 2.05) is 6.92 Å². The predicted molar refractivity (Wildman–Crippen MR) is 78.4 cm³/mol. The average molecular weight is 276 g/mol. The van der Waals surface area contributed by atoms with E-state index in [0.717, 1.165) is 19.3 Å². The maximum atomic E-state index is 10.3. The van der Waals surface area contributed by atoms with Crippen molar-refractivity contribution in [3.63, 3.8) is 0 Å². The minimum Gasteiger partial charge on any atom is -0.481 e. The second kappa shape index (κ2) is 15.4. The highest BCUT2D eigenvalue weighted by molar-refractivity contribution is 5.66. The van der Waals surface area contributed by atoms with Crippen LogP contribution in [0.4, 0.5) is 0 Å². The number of unbranched alkanes of at least 4 members (excludes halogenated alkanes) is 1. The summed E-state index contributed by atoms with van der Waals surface area (Å²) in [6.45, 7) is 8.75. The number of aliphatic carboxylic acids is 1. The predicted octanol–water partition coefficient (Wildman–Crippen LogP) is 3.61. The first kappa shape index (κ1) is 20.7. The molecule has 2 N–H and O–H groups in total. The summed E-state index contributed by atoms with van der Waals surface area (Å²) >= 11 is 0. The van der Waals surface area contributed by atoms with Crippen molar-refractivity contribution in [2.24, 2.45) is 0 Å². The van der Waals surface area contributed by atoms with Crippen molar-refractivity contribution < 1.29 is 19.7 Å². The van der Waals surface area contributed by atoms with Crippen LogP contribution in [-0.4, -0.2) is 35.0 Å². The van der Waals surface area contributed by atoms with E-state index in [0.29, 0.717) is 19.4 Å². The van der Waals surface area contributed by atoms with Crippen molar-refractivity contribution in [2.45, 2.75) is 84.8 Å².